The van der Waals surface area contributed by atoms with Gasteiger partial charge >= 0.3 is 23.9 Å². The molecule has 0 aliphatic carbocycles. The molecule has 0 aromatic heterocycles. The van der Waals surface area contributed by atoms with Gasteiger partial charge in [0.15, 0.2) is 0 Å². The van der Waals surface area contributed by atoms with E-state index in [1.807, 2.05) is 0 Å². The van der Waals surface area contributed by atoms with E-state index in [0.717, 1.165) is 32.6 Å². The zero-order valence-corrected chi connectivity index (χ0v) is 19.6. The summed E-state index contributed by atoms with van der Waals surface area (Å²) in [5.74, 6) is -5.03. The minimum atomic E-state index is -1.26. The fraction of sp³-hybridized carbons (Fsp3) is 0.231. The fourth-order valence-electron chi connectivity index (χ4n) is 3.20. The number of carbonyl (C=O) groups is 4. The smallest absolute Gasteiger partial charge is 0.328 e. The van der Waals surface area contributed by atoms with Gasteiger partial charge in [0.1, 0.15) is 0 Å². The monoisotopic (exact) mass is 498 g/mol. The lowest BCUT2D eigenvalue weighted by Crippen LogP contribution is -2.51. The predicted octanol–water partition coefficient (Wildman–Crippen LogP) is 2.13. The molecule has 0 bridgehead atoms. The van der Waals surface area contributed by atoms with E-state index < -0.39 is 23.9 Å². The second-order valence-corrected chi connectivity index (χ2v) is 7.58. The number of nitrogens with one attached hydrogen (secondary N) is 1. The van der Waals surface area contributed by atoms with Crippen molar-refractivity contribution in [2.24, 2.45) is 0 Å². The summed E-state index contributed by atoms with van der Waals surface area (Å²) >= 11 is 0. The summed E-state index contributed by atoms with van der Waals surface area (Å²) in [6, 6.07) is 22.1. The molecule has 1 atom stereocenters. The normalized spacial score (nSPS) is 15.3. The average Bonchev–Trinajstić information content (AvgIpc) is 2.84. The molecule has 1 fully saturated rings. The lowest BCUT2D eigenvalue weighted by Gasteiger charge is -2.33. The lowest BCUT2D eigenvalue weighted by molar-refractivity contribution is -0.134. The highest BCUT2D eigenvalue weighted by atomic mass is 16.4. The molecule has 1 saturated heterocycles. The van der Waals surface area contributed by atoms with Crippen molar-refractivity contribution >= 4 is 23.9 Å². The van der Waals surface area contributed by atoms with E-state index in [2.05, 4.69) is 70.9 Å². The van der Waals surface area contributed by atoms with Gasteiger partial charge in [-0.3, -0.25) is 4.90 Å². The Kier molecular flexibility index (Phi) is 14.2. The summed E-state index contributed by atoms with van der Waals surface area (Å²) < 4.78 is 0. The van der Waals surface area contributed by atoms with Gasteiger partial charge in [-0.05, 0) is 17.5 Å². The van der Waals surface area contributed by atoms with E-state index in [1.54, 1.807) is 0 Å². The number of carboxylic acid groups (broad SMARTS) is 4. The molecule has 36 heavy (non-hydrogen) atoms. The third kappa shape index (κ3) is 15.5. The molecule has 0 radical (unpaired) electrons. The molecule has 1 aliphatic rings. The van der Waals surface area contributed by atoms with Crippen molar-refractivity contribution in [1.29, 1.82) is 0 Å². The fourth-order valence-corrected chi connectivity index (χ4v) is 3.20. The lowest BCUT2D eigenvalue weighted by atomic mass is 10.0. The maximum Gasteiger partial charge on any atom is 0.328 e. The van der Waals surface area contributed by atoms with Gasteiger partial charge in [0.2, 0.25) is 0 Å². The van der Waals surface area contributed by atoms with Crippen molar-refractivity contribution in [1.82, 2.24) is 10.2 Å². The van der Waals surface area contributed by atoms with Crippen LogP contribution in [0.2, 0.25) is 0 Å². The van der Waals surface area contributed by atoms with Crippen LogP contribution in [-0.2, 0) is 32.1 Å². The number of benzene rings is 2. The van der Waals surface area contributed by atoms with Gasteiger partial charge in [-0.15, -0.1) is 0 Å². The molecule has 10 heteroatoms. The third-order valence-corrected chi connectivity index (χ3v) is 4.65. The predicted molar refractivity (Wildman–Crippen MR) is 132 cm³/mol. The average molecular weight is 499 g/mol. The summed E-state index contributed by atoms with van der Waals surface area (Å²) in [4.78, 5) is 40.8. The van der Waals surface area contributed by atoms with E-state index in [1.165, 1.54) is 11.1 Å². The second kappa shape index (κ2) is 17.2. The van der Waals surface area contributed by atoms with Gasteiger partial charge in [0.25, 0.3) is 0 Å². The SMILES string of the molecule is O=C(O)/C=C/C(=O)O.O=C(O)/C=C/C(=O)O.c1ccc(CC2CN(Cc3ccccc3)CCN2)cc1. The number of nitrogens with zero attached hydrogens (tertiary/aromatic N) is 1. The van der Waals surface area contributed by atoms with Crippen molar-refractivity contribution in [3.63, 3.8) is 0 Å². The number of hydrogen-bond donors (Lipinski definition) is 5. The molecule has 2 aromatic rings. The van der Waals surface area contributed by atoms with Crippen LogP contribution in [0.3, 0.4) is 0 Å². The number of carboxylic acids is 4. The molecule has 1 unspecified atom stereocenters. The Morgan fingerprint density at radius 3 is 1.56 bits per heavy atom. The maximum atomic E-state index is 9.55. The van der Waals surface area contributed by atoms with Crippen LogP contribution in [-0.4, -0.2) is 74.9 Å². The molecule has 192 valence electrons. The highest BCUT2D eigenvalue weighted by Gasteiger charge is 2.19. The Bertz CT molecular complexity index is 909. The van der Waals surface area contributed by atoms with Gasteiger partial charge in [-0.2, -0.15) is 0 Å². The molecule has 2 aromatic carbocycles. The summed E-state index contributed by atoms with van der Waals surface area (Å²) in [6.45, 7) is 4.42. The summed E-state index contributed by atoms with van der Waals surface area (Å²) in [5.41, 5.74) is 2.83. The van der Waals surface area contributed by atoms with Crippen LogP contribution in [0.1, 0.15) is 11.1 Å². The van der Waals surface area contributed by atoms with Crippen molar-refractivity contribution < 1.29 is 39.6 Å². The Morgan fingerprint density at radius 1 is 0.722 bits per heavy atom. The quantitative estimate of drug-likeness (QED) is 0.341. The first kappa shape index (κ1) is 29.8. The highest BCUT2D eigenvalue weighted by Crippen LogP contribution is 2.11. The van der Waals surface area contributed by atoms with Crippen LogP contribution >= 0.6 is 0 Å². The van der Waals surface area contributed by atoms with Crippen LogP contribution in [0.5, 0.6) is 0 Å². The van der Waals surface area contributed by atoms with Crippen molar-refractivity contribution in [3.05, 3.63) is 96.1 Å². The van der Waals surface area contributed by atoms with E-state index in [0.29, 0.717) is 30.3 Å². The van der Waals surface area contributed by atoms with Crippen LogP contribution < -0.4 is 5.32 Å². The van der Waals surface area contributed by atoms with Gasteiger partial charge in [0.05, 0.1) is 0 Å². The van der Waals surface area contributed by atoms with E-state index in [4.69, 9.17) is 20.4 Å². The van der Waals surface area contributed by atoms with Crippen molar-refractivity contribution in [2.75, 3.05) is 19.6 Å². The Morgan fingerprint density at radius 2 is 1.14 bits per heavy atom. The first-order valence-corrected chi connectivity index (χ1v) is 11.0. The first-order chi connectivity index (χ1) is 17.2. The van der Waals surface area contributed by atoms with Gasteiger partial charge in [-0.25, -0.2) is 19.2 Å². The minimum absolute atomic E-state index is 0.558. The molecule has 0 spiro atoms. The summed E-state index contributed by atoms with van der Waals surface area (Å²) in [6.07, 6.45) is 3.35. The largest absolute Gasteiger partial charge is 0.478 e. The third-order valence-electron chi connectivity index (χ3n) is 4.65. The van der Waals surface area contributed by atoms with Crippen molar-refractivity contribution in [2.45, 2.75) is 19.0 Å². The summed E-state index contributed by atoms with van der Waals surface area (Å²) in [5, 5.41) is 34.9. The molecule has 3 rings (SSSR count). The molecular formula is C26H30N2O8. The number of aliphatic carboxylic acids is 4. The van der Waals surface area contributed by atoms with Crippen LogP contribution in [0.15, 0.2) is 85.0 Å². The molecule has 5 N–H and O–H groups in total. The molecule has 0 saturated carbocycles. The number of hydrogen-bond acceptors (Lipinski definition) is 6. The Labute approximate surface area is 208 Å². The Hall–Kier alpha value is -4.28. The minimum Gasteiger partial charge on any atom is -0.478 e. The zero-order valence-electron chi connectivity index (χ0n) is 19.6. The molecule has 1 aliphatic heterocycles. The van der Waals surface area contributed by atoms with Crippen LogP contribution in [0.25, 0.3) is 0 Å². The summed E-state index contributed by atoms with van der Waals surface area (Å²) in [7, 11) is 0. The van der Waals surface area contributed by atoms with E-state index >= 15 is 0 Å². The van der Waals surface area contributed by atoms with Gasteiger partial charge in [-0.1, -0.05) is 60.7 Å². The zero-order chi connectivity index (χ0) is 26.8. The highest BCUT2D eigenvalue weighted by molar-refractivity contribution is 5.90. The molecule has 10 nitrogen and oxygen atoms in total. The number of piperazine rings is 1. The maximum absolute atomic E-state index is 9.55. The topological polar surface area (TPSA) is 164 Å². The Balaban J connectivity index is 0.000000337. The van der Waals surface area contributed by atoms with Gasteiger partial charge in [0, 0.05) is 56.5 Å². The van der Waals surface area contributed by atoms with Crippen molar-refractivity contribution in [3.8, 4) is 0 Å². The second-order valence-electron chi connectivity index (χ2n) is 7.58. The standard InChI is InChI=1S/C18H22N2.2C4H4O4/c1-3-7-16(8-4-1)13-18-15-20(12-11-19-18)14-17-9-5-2-6-10-17;2*5-3(6)1-2-4(7)8/h1-10,18-19H,11-15H2;2*1-2H,(H,5,6)(H,7,8)/b;2*2-1+. The van der Waals surface area contributed by atoms with Gasteiger partial charge < -0.3 is 25.7 Å². The first-order valence-electron chi connectivity index (χ1n) is 11.0. The molecule has 0 amide bonds. The van der Waals surface area contributed by atoms with Crippen LogP contribution in [0, 0.1) is 0 Å². The van der Waals surface area contributed by atoms with E-state index in [-0.39, 0.29) is 0 Å². The van der Waals surface area contributed by atoms with Crippen LogP contribution in [0.4, 0.5) is 0 Å². The van der Waals surface area contributed by atoms with E-state index in [9.17, 15) is 19.2 Å². The number of rotatable bonds is 8. The molecular weight excluding hydrogens is 468 g/mol. The molecule has 1 heterocycles.